The topological polar surface area (TPSA) is 62.2 Å². The second-order valence-corrected chi connectivity index (χ2v) is 6.42. The molecule has 0 aromatic carbocycles. The minimum Gasteiger partial charge on any atom is -0.478 e. The van der Waals surface area contributed by atoms with Gasteiger partial charge in [-0.2, -0.15) is 0 Å². The molecule has 110 valence electrons. The number of aromatic nitrogens is 1. The van der Waals surface area contributed by atoms with E-state index in [1.54, 1.807) is 12.3 Å². The lowest BCUT2D eigenvalue weighted by Gasteiger charge is -2.29. The van der Waals surface area contributed by atoms with E-state index in [1.165, 1.54) is 25.7 Å². The molecule has 1 heterocycles. The molecule has 1 fully saturated rings. The summed E-state index contributed by atoms with van der Waals surface area (Å²) in [5.74, 6) is 0.385. The largest absolute Gasteiger partial charge is 0.478 e. The molecule has 0 unspecified atom stereocenters. The molecule has 2 rings (SSSR count). The number of carboxylic acid groups (broad SMARTS) is 1. The number of anilines is 1. The number of carbonyl (C=O) groups is 1. The van der Waals surface area contributed by atoms with Crippen LogP contribution >= 0.6 is 15.9 Å². The van der Waals surface area contributed by atoms with Crippen molar-refractivity contribution in [2.75, 3.05) is 5.32 Å². The van der Waals surface area contributed by atoms with Crippen molar-refractivity contribution in [2.24, 2.45) is 5.92 Å². The van der Waals surface area contributed by atoms with Crippen LogP contribution in [0.1, 0.15) is 55.8 Å². The molecule has 0 bridgehead atoms. The number of aromatic carboxylic acids is 1. The molecule has 0 aliphatic heterocycles. The average Bonchev–Trinajstić information content (AvgIpc) is 2.43. The summed E-state index contributed by atoms with van der Waals surface area (Å²) in [7, 11) is 0. The Bertz CT molecular complexity index is 471. The van der Waals surface area contributed by atoms with Crippen molar-refractivity contribution in [3.63, 3.8) is 0 Å². The minimum atomic E-state index is -0.944. The second kappa shape index (κ2) is 7.07. The van der Waals surface area contributed by atoms with Crippen molar-refractivity contribution in [1.29, 1.82) is 0 Å². The first-order chi connectivity index (χ1) is 9.60. The van der Waals surface area contributed by atoms with Gasteiger partial charge in [0.25, 0.3) is 0 Å². The lowest BCUT2D eigenvalue weighted by Crippen LogP contribution is -2.27. The van der Waals surface area contributed by atoms with Gasteiger partial charge in [-0.1, -0.05) is 19.8 Å². The summed E-state index contributed by atoms with van der Waals surface area (Å²) >= 11 is 3.26. The Balaban J connectivity index is 1.99. The zero-order valence-corrected chi connectivity index (χ0v) is 13.3. The first-order valence-electron chi connectivity index (χ1n) is 7.25. The number of halogens is 1. The molecule has 2 N–H and O–H groups in total. The van der Waals surface area contributed by atoms with E-state index in [1.807, 2.05) is 0 Å². The number of nitrogens with one attached hydrogen (secondary N) is 1. The van der Waals surface area contributed by atoms with Gasteiger partial charge in [-0.25, -0.2) is 9.78 Å². The fraction of sp³-hybridized carbons (Fsp3) is 0.600. The Kier molecular flexibility index (Phi) is 5.40. The Morgan fingerprint density at radius 1 is 1.45 bits per heavy atom. The van der Waals surface area contributed by atoms with E-state index in [4.69, 9.17) is 0 Å². The van der Waals surface area contributed by atoms with Gasteiger partial charge < -0.3 is 10.4 Å². The average molecular weight is 341 g/mol. The molecule has 20 heavy (non-hydrogen) atoms. The summed E-state index contributed by atoms with van der Waals surface area (Å²) in [5, 5.41) is 12.5. The number of pyridine rings is 1. The lowest BCUT2D eigenvalue weighted by molar-refractivity contribution is 0.0697. The van der Waals surface area contributed by atoms with E-state index >= 15 is 0 Å². The quantitative estimate of drug-likeness (QED) is 0.838. The van der Waals surface area contributed by atoms with Gasteiger partial charge in [-0.15, -0.1) is 0 Å². The summed E-state index contributed by atoms with van der Waals surface area (Å²) in [6.45, 7) is 2.23. The predicted molar refractivity (Wildman–Crippen MR) is 83.2 cm³/mol. The maximum absolute atomic E-state index is 11.3. The maximum Gasteiger partial charge on any atom is 0.339 e. The highest BCUT2D eigenvalue weighted by Crippen LogP contribution is 2.30. The number of hydrogen-bond donors (Lipinski definition) is 2. The minimum absolute atomic E-state index is 0.232. The second-order valence-electron chi connectivity index (χ2n) is 5.51. The van der Waals surface area contributed by atoms with Crippen molar-refractivity contribution in [3.8, 4) is 0 Å². The molecule has 0 atom stereocenters. The van der Waals surface area contributed by atoms with E-state index in [0.717, 1.165) is 18.8 Å². The molecule has 1 aromatic heterocycles. The maximum atomic E-state index is 11.3. The SMILES string of the molecule is CCCC1CCC(Nc2ncc(Br)cc2C(=O)O)CC1. The van der Waals surface area contributed by atoms with Gasteiger partial charge >= 0.3 is 5.97 Å². The van der Waals surface area contributed by atoms with Gasteiger partial charge in [0.1, 0.15) is 11.4 Å². The van der Waals surface area contributed by atoms with Gasteiger partial charge in [0, 0.05) is 16.7 Å². The molecule has 0 amide bonds. The molecule has 4 nitrogen and oxygen atoms in total. The number of hydrogen-bond acceptors (Lipinski definition) is 3. The van der Waals surface area contributed by atoms with Crippen molar-refractivity contribution in [3.05, 3.63) is 22.3 Å². The van der Waals surface area contributed by atoms with E-state index in [-0.39, 0.29) is 5.56 Å². The van der Waals surface area contributed by atoms with E-state index in [0.29, 0.717) is 16.3 Å². The van der Waals surface area contributed by atoms with Gasteiger partial charge in [0.05, 0.1) is 0 Å². The van der Waals surface area contributed by atoms with Gasteiger partial charge in [-0.05, 0) is 53.6 Å². The smallest absolute Gasteiger partial charge is 0.339 e. The Hall–Kier alpha value is -1.10. The van der Waals surface area contributed by atoms with Gasteiger partial charge in [-0.3, -0.25) is 0 Å². The zero-order chi connectivity index (χ0) is 14.5. The molecule has 0 spiro atoms. The third-order valence-electron chi connectivity index (χ3n) is 3.97. The molecular formula is C15H21BrN2O2. The highest BCUT2D eigenvalue weighted by Gasteiger charge is 2.22. The van der Waals surface area contributed by atoms with Crippen LogP contribution in [0, 0.1) is 5.92 Å². The molecule has 0 radical (unpaired) electrons. The summed E-state index contributed by atoms with van der Waals surface area (Å²) in [6.07, 6.45) is 8.85. The summed E-state index contributed by atoms with van der Waals surface area (Å²) in [6, 6.07) is 1.94. The van der Waals surface area contributed by atoms with Crippen LogP contribution in [-0.2, 0) is 0 Å². The van der Waals surface area contributed by atoms with E-state index in [2.05, 4.69) is 33.2 Å². The van der Waals surface area contributed by atoms with Crippen LogP contribution < -0.4 is 5.32 Å². The van der Waals surface area contributed by atoms with E-state index in [9.17, 15) is 9.90 Å². The predicted octanol–water partition coefficient (Wildman–Crippen LogP) is 4.31. The third-order valence-corrected chi connectivity index (χ3v) is 4.40. The normalized spacial score (nSPS) is 22.5. The summed E-state index contributed by atoms with van der Waals surface area (Å²) < 4.78 is 0.687. The third kappa shape index (κ3) is 3.95. The van der Waals surface area contributed by atoms with Crippen LogP contribution in [0.2, 0.25) is 0 Å². The van der Waals surface area contributed by atoms with Crippen LogP contribution in [0.5, 0.6) is 0 Å². The molecule has 1 aromatic rings. The summed E-state index contributed by atoms with van der Waals surface area (Å²) in [4.78, 5) is 15.5. The molecule has 1 aliphatic rings. The lowest BCUT2D eigenvalue weighted by atomic mass is 9.83. The monoisotopic (exact) mass is 340 g/mol. The van der Waals surface area contributed by atoms with E-state index < -0.39 is 5.97 Å². The van der Waals surface area contributed by atoms with Crippen LogP contribution in [-0.4, -0.2) is 22.1 Å². The standard InChI is InChI=1S/C15H21BrN2O2/c1-2-3-10-4-6-12(7-5-10)18-14-13(15(19)20)8-11(16)9-17-14/h8-10,12H,2-7H2,1H3,(H,17,18)(H,19,20). The van der Waals surface area contributed by atoms with Crippen LogP contribution in [0.4, 0.5) is 5.82 Å². The molecule has 5 heteroatoms. The number of rotatable bonds is 5. The molecular weight excluding hydrogens is 320 g/mol. The van der Waals surface area contributed by atoms with Gasteiger partial charge in [0.15, 0.2) is 0 Å². The Labute approximate surface area is 128 Å². The van der Waals surface area contributed by atoms with Gasteiger partial charge in [0.2, 0.25) is 0 Å². The number of nitrogens with zero attached hydrogens (tertiary/aromatic N) is 1. The van der Waals surface area contributed by atoms with Crippen molar-refractivity contribution in [2.45, 2.75) is 51.5 Å². The van der Waals surface area contributed by atoms with Crippen LogP contribution in [0.3, 0.4) is 0 Å². The zero-order valence-electron chi connectivity index (χ0n) is 11.7. The molecule has 1 aliphatic carbocycles. The fourth-order valence-electron chi connectivity index (χ4n) is 2.91. The highest BCUT2D eigenvalue weighted by molar-refractivity contribution is 9.10. The number of carboxylic acids is 1. The summed E-state index contributed by atoms with van der Waals surface area (Å²) in [5.41, 5.74) is 0.232. The highest BCUT2D eigenvalue weighted by atomic mass is 79.9. The molecule has 0 saturated heterocycles. The first kappa shape index (κ1) is 15.3. The fourth-order valence-corrected chi connectivity index (χ4v) is 3.25. The van der Waals surface area contributed by atoms with Crippen molar-refractivity contribution in [1.82, 2.24) is 4.98 Å². The van der Waals surface area contributed by atoms with Crippen molar-refractivity contribution >= 4 is 27.7 Å². The van der Waals surface area contributed by atoms with Crippen LogP contribution in [0.25, 0.3) is 0 Å². The van der Waals surface area contributed by atoms with Crippen molar-refractivity contribution < 1.29 is 9.90 Å². The van der Waals surface area contributed by atoms with Crippen LogP contribution in [0.15, 0.2) is 16.7 Å². The molecule has 1 saturated carbocycles. The first-order valence-corrected chi connectivity index (χ1v) is 8.04. The Morgan fingerprint density at radius 2 is 2.15 bits per heavy atom. The Morgan fingerprint density at radius 3 is 2.75 bits per heavy atom.